The van der Waals surface area contributed by atoms with E-state index < -0.39 is 0 Å². The van der Waals surface area contributed by atoms with Gasteiger partial charge < -0.3 is 14.5 Å². The van der Waals surface area contributed by atoms with Crippen molar-refractivity contribution in [2.75, 3.05) is 39.8 Å². The standard InChI is InChI=1S/C19H23N3O2/c1-21-8-7-19(13-21)14-22(9-10-24-19)17(23)15-3-2-4-16(11-15)18(12-20)5-6-18/h2-4,11H,5-10,13-14H2,1H3. The lowest BCUT2D eigenvalue weighted by atomic mass is 9.95. The first-order chi connectivity index (χ1) is 11.6. The van der Waals surface area contributed by atoms with Crippen LogP contribution in [0.3, 0.4) is 0 Å². The summed E-state index contributed by atoms with van der Waals surface area (Å²) in [5.41, 5.74) is 1.12. The van der Waals surface area contributed by atoms with Gasteiger partial charge in [-0.15, -0.1) is 0 Å². The number of ether oxygens (including phenoxy) is 1. The number of likely N-dealkylation sites (tertiary alicyclic amines) is 1. The molecule has 2 saturated heterocycles. The Labute approximate surface area is 142 Å². The number of morpholine rings is 1. The molecular formula is C19H23N3O2. The molecule has 1 spiro atoms. The number of benzene rings is 1. The van der Waals surface area contributed by atoms with E-state index >= 15 is 0 Å². The second-order valence-electron chi connectivity index (χ2n) is 7.52. The Morgan fingerprint density at radius 3 is 2.75 bits per heavy atom. The monoisotopic (exact) mass is 325 g/mol. The van der Waals surface area contributed by atoms with Crippen LogP contribution in [0.15, 0.2) is 24.3 Å². The highest BCUT2D eigenvalue weighted by molar-refractivity contribution is 5.94. The number of amides is 1. The zero-order valence-electron chi connectivity index (χ0n) is 14.1. The smallest absolute Gasteiger partial charge is 0.254 e. The quantitative estimate of drug-likeness (QED) is 0.832. The molecule has 1 aromatic rings. The number of rotatable bonds is 2. The van der Waals surface area contributed by atoms with E-state index in [9.17, 15) is 10.1 Å². The van der Waals surface area contributed by atoms with Crippen LogP contribution >= 0.6 is 0 Å². The van der Waals surface area contributed by atoms with Gasteiger partial charge in [-0.2, -0.15) is 5.26 Å². The van der Waals surface area contributed by atoms with Crippen LogP contribution in [0.4, 0.5) is 0 Å². The maximum atomic E-state index is 13.0. The van der Waals surface area contributed by atoms with E-state index in [1.54, 1.807) is 0 Å². The number of carbonyl (C=O) groups excluding carboxylic acids is 1. The normalized spacial score (nSPS) is 28.8. The molecule has 3 fully saturated rings. The maximum Gasteiger partial charge on any atom is 0.254 e. The molecule has 0 radical (unpaired) electrons. The summed E-state index contributed by atoms with van der Waals surface area (Å²) in [7, 11) is 2.10. The number of hydrogen-bond donors (Lipinski definition) is 0. The Morgan fingerprint density at radius 1 is 1.25 bits per heavy atom. The van der Waals surface area contributed by atoms with Crippen LogP contribution < -0.4 is 0 Å². The van der Waals surface area contributed by atoms with E-state index in [2.05, 4.69) is 18.0 Å². The van der Waals surface area contributed by atoms with Gasteiger partial charge >= 0.3 is 0 Å². The van der Waals surface area contributed by atoms with Crippen molar-refractivity contribution in [3.05, 3.63) is 35.4 Å². The number of hydrogen-bond acceptors (Lipinski definition) is 4. The van der Waals surface area contributed by atoms with Crippen molar-refractivity contribution in [1.82, 2.24) is 9.80 Å². The molecule has 0 aromatic heterocycles. The summed E-state index contributed by atoms with van der Waals surface area (Å²) in [6.07, 6.45) is 2.77. The minimum atomic E-state index is -0.351. The number of carbonyl (C=O) groups is 1. The minimum absolute atomic E-state index is 0.0582. The topological polar surface area (TPSA) is 56.6 Å². The second kappa shape index (κ2) is 5.58. The van der Waals surface area contributed by atoms with Gasteiger partial charge in [-0.05, 0) is 44.0 Å². The molecular weight excluding hydrogens is 302 g/mol. The lowest BCUT2D eigenvalue weighted by Crippen LogP contribution is -2.54. The summed E-state index contributed by atoms with van der Waals surface area (Å²) in [4.78, 5) is 17.2. The Bertz CT molecular complexity index is 703. The van der Waals surface area contributed by atoms with E-state index in [0.717, 1.165) is 37.9 Å². The molecule has 4 rings (SSSR count). The van der Waals surface area contributed by atoms with Crippen LogP contribution in [0.1, 0.15) is 35.2 Å². The molecule has 2 heterocycles. The second-order valence-corrected chi connectivity index (χ2v) is 7.52. The highest BCUT2D eigenvalue weighted by Crippen LogP contribution is 2.47. The molecule has 1 amide bonds. The number of likely N-dealkylation sites (N-methyl/N-ethyl adjacent to an activating group) is 1. The predicted octanol–water partition coefficient (Wildman–Crippen LogP) is 1.79. The number of nitriles is 1. The largest absolute Gasteiger partial charge is 0.370 e. The molecule has 5 nitrogen and oxygen atoms in total. The SMILES string of the molecule is CN1CCC2(C1)CN(C(=O)c1cccc(C3(C#N)CC3)c1)CCO2. The average Bonchev–Trinajstić information content (AvgIpc) is 3.34. The predicted molar refractivity (Wildman–Crippen MR) is 89.7 cm³/mol. The van der Waals surface area contributed by atoms with Gasteiger partial charge in [0, 0.05) is 25.2 Å². The van der Waals surface area contributed by atoms with Crippen molar-refractivity contribution in [3.63, 3.8) is 0 Å². The molecule has 3 aliphatic rings. The van der Waals surface area contributed by atoms with Crippen molar-refractivity contribution in [2.24, 2.45) is 0 Å². The highest BCUT2D eigenvalue weighted by atomic mass is 16.5. The van der Waals surface area contributed by atoms with E-state index in [1.165, 1.54) is 0 Å². The lowest BCUT2D eigenvalue weighted by Gasteiger charge is -2.40. The Kier molecular flexibility index (Phi) is 3.63. The molecule has 2 aliphatic heterocycles. The zero-order valence-corrected chi connectivity index (χ0v) is 14.1. The molecule has 0 N–H and O–H groups in total. The number of nitrogens with zero attached hydrogens (tertiary/aromatic N) is 3. The fraction of sp³-hybridized carbons (Fsp3) is 0.579. The van der Waals surface area contributed by atoms with Gasteiger partial charge in [0.1, 0.15) is 0 Å². The molecule has 1 atom stereocenters. The van der Waals surface area contributed by atoms with E-state index in [-0.39, 0.29) is 16.9 Å². The summed E-state index contributed by atoms with van der Waals surface area (Å²) in [6.45, 7) is 3.79. The van der Waals surface area contributed by atoms with Gasteiger partial charge in [-0.3, -0.25) is 4.79 Å². The summed E-state index contributed by atoms with van der Waals surface area (Å²) in [5.74, 6) is 0.0582. The average molecular weight is 325 g/mol. The molecule has 1 aliphatic carbocycles. The molecule has 126 valence electrons. The third-order valence-corrected chi connectivity index (χ3v) is 5.67. The maximum absolute atomic E-state index is 13.0. The van der Waals surface area contributed by atoms with Crippen LogP contribution in [0, 0.1) is 11.3 Å². The van der Waals surface area contributed by atoms with Crippen molar-refractivity contribution in [2.45, 2.75) is 30.3 Å². The molecule has 24 heavy (non-hydrogen) atoms. The van der Waals surface area contributed by atoms with Crippen LogP contribution in [0.2, 0.25) is 0 Å². The van der Waals surface area contributed by atoms with Crippen LogP contribution in [0.5, 0.6) is 0 Å². The molecule has 1 saturated carbocycles. The van der Waals surface area contributed by atoms with Gasteiger partial charge in [-0.1, -0.05) is 12.1 Å². The molecule has 1 unspecified atom stereocenters. The van der Waals surface area contributed by atoms with Crippen molar-refractivity contribution in [3.8, 4) is 6.07 Å². The zero-order chi connectivity index (χ0) is 16.8. The van der Waals surface area contributed by atoms with Crippen LogP contribution in [-0.4, -0.2) is 61.1 Å². The Hall–Kier alpha value is -1.90. The van der Waals surface area contributed by atoms with Gasteiger partial charge in [-0.25, -0.2) is 0 Å². The van der Waals surface area contributed by atoms with Gasteiger partial charge in [0.05, 0.1) is 30.2 Å². The third-order valence-electron chi connectivity index (χ3n) is 5.67. The Morgan fingerprint density at radius 2 is 2.08 bits per heavy atom. The fourth-order valence-electron chi connectivity index (χ4n) is 4.03. The molecule has 0 bridgehead atoms. The summed E-state index contributed by atoms with van der Waals surface area (Å²) >= 11 is 0. The lowest BCUT2D eigenvalue weighted by molar-refractivity contribution is -0.0908. The van der Waals surface area contributed by atoms with Crippen LogP contribution in [0.25, 0.3) is 0 Å². The first-order valence-electron chi connectivity index (χ1n) is 8.70. The van der Waals surface area contributed by atoms with Gasteiger partial charge in [0.2, 0.25) is 0 Å². The summed E-state index contributed by atoms with van der Waals surface area (Å²) in [5, 5.41) is 9.39. The third kappa shape index (κ3) is 2.60. The van der Waals surface area contributed by atoms with Crippen molar-refractivity contribution < 1.29 is 9.53 Å². The highest BCUT2D eigenvalue weighted by Gasteiger charge is 2.46. The van der Waals surface area contributed by atoms with E-state index in [4.69, 9.17) is 4.74 Å². The van der Waals surface area contributed by atoms with Crippen LogP contribution in [-0.2, 0) is 10.2 Å². The van der Waals surface area contributed by atoms with Crippen molar-refractivity contribution >= 4 is 5.91 Å². The first kappa shape index (κ1) is 15.6. The summed E-state index contributed by atoms with van der Waals surface area (Å²) < 4.78 is 6.04. The van der Waals surface area contributed by atoms with Crippen molar-refractivity contribution in [1.29, 1.82) is 5.26 Å². The van der Waals surface area contributed by atoms with E-state index in [0.29, 0.717) is 25.3 Å². The molecule has 5 heteroatoms. The van der Waals surface area contributed by atoms with Gasteiger partial charge in [0.25, 0.3) is 5.91 Å². The summed E-state index contributed by atoms with van der Waals surface area (Å²) in [6, 6.07) is 10.1. The fourth-order valence-corrected chi connectivity index (χ4v) is 4.03. The first-order valence-corrected chi connectivity index (χ1v) is 8.70. The van der Waals surface area contributed by atoms with Gasteiger partial charge in [0.15, 0.2) is 0 Å². The minimum Gasteiger partial charge on any atom is -0.370 e. The Balaban J connectivity index is 1.54. The molecule has 1 aromatic carbocycles. The van der Waals surface area contributed by atoms with E-state index in [1.807, 2.05) is 29.2 Å².